The fourth-order valence-corrected chi connectivity index (χ4v) is 1.93. The normalized spacial score (nSPS) is 14.5. The first-order valence-corrected chi connectivity index (χ1v) is 5.95. The van der Waals surface area contributed by atoms with Crippen LogP contribution in [0.15, 0.2) is 47.2 Å². The second kappa shape index (κ2) is 5.64. The van der Waals surface area contributed by atoms with E-state index in [2.05, 4.69) is 24.1 Å². The first-order chi connectivity index (χ1) is 8.25. The Labute approximate surface area is 102 Å². The molecule has 0 aliphatic heterocycles. The number of nitrogens with one attached hydrogen (secondary N) is 1. The fourth-order valence-electron chi connectivity index (χ4n) is 1.93. The molecule has 0 amide bonds. The standard InChI is InChI=1S/C14H18N2O/c1-11(10-13-6-5-9-17-13)16-12(2)14-7-3-4-8-15-14/h3-9,11-12,16H,10H2,1-2H3. The Bertz CT molecular complexity index is 425. The number of furan rings is 1. The van der Waals surface area contributed by atoms with Crippen molar-refractivity contribution in [2.75, 3.05) is 0 Å². The molecule has 0 saturated carbocycles. The van der Waals surface area contributed by atoms with Crippen LogP contribution in [0.4, 0.5) is 0 Å². The van der Waals surface area contributed by atoms with Gasteiger partial charge in [0.1, 0.15) is 5.76 Å². The van der Waals surface area contributed by atoms with Crippen molar-refractivity contribution in [1.82, 2.24) is 10.3 Å². The first kappa shape index (κ1) is 11.9. The third-order valence-electron chi connectivity index (χ3n) is 2.75. The predicted octanol–water partition coefficient (Wildman–Crippen LogP) is 2.96. The molecule has 17 heavy (non-hydrogen) atoms. The molecule has 2 heterocycles. The molecule has 0 aliphatic carbocycles. The summed E-state index contributed by atoms with van der Waals surface area (Å²) in [5.74, 6) is 1.01. The predicted molar refractivity (Wildman–Crippen MR) is 67.7 cm³/mol. The van der Waals surface area contributed by atoms with Crippen LogP contribution >= 0.6 is 0 Å². The average Bonchev–Trinajstić information content (AvgIpc) is 2.82. The summed E-state index contributed by atoms with van der Waals surface area (Å²) in [5.41, 5.74) is 1.07. The molecule has 0 saturated heterocycles. The highest BCUT2D eigenvalue weighted by atomic mass is 16.3. The van der Waals surface area contributed by atoms with Crippen LogP contribution in [-0.4, -0.2) is 11.0 Å². The fraction of sp³-hybridized carbons (Fsp3) is 0.357. The number of pyridine rings is 1. The van der Waals surface area contributed by atoms with Crippen molar-refractivity contribution in [3.8, 4) is 0 Å². The molecule has 0 fully saturated rings. The maximum atomic E-state index is 5.34. The monoisotopic (exact) mass is 230 g/mol. The molecular formula is C14H18N2O. The Morgan fingerprint density at radius 2 is 2.12 bits per heavy atom. The van der Waals surface area contributed by atoms with Gasteiger partial charge in [0, 0.05) is 24.7 Å². The Morgan fingerprint density at radius 1 is 1.24 bits per heavy atom. The summed E-state index contributed by atoms with van der Waals surface area (Å²) >= 11 is 0. The summed E-state index contributed by atoms with van der Waals surface area (Å²) < 4.78 is 5.34. The van der Waals surface area contributed by atoms with Gasteiger partial charge in [-0.05, 0) is 38.1 Å². The number of hydrogen-bond acceptors (Lipinski definition) is 3. The van der Waals surface area contributed by atoms with E-state index >= 15 is 0 Å². The lowest BCUT2D eigenvalue weighted by Gasteiger charge is -2.18. The second-order valence-corrected chi connectivity index (χ2v) is 4.33. The highest BCUT2D eigenvalue weighted by Gasteiger charge is 2.11. The van der Waals surface area contributed by atoms with Crippen LogP contribution in [0.5, 0.6) is 0 Å². The van der Waals surface area contributed by atoms with Gasteiger partial charge in [-0.2, -0.15) is 0 Å². The summed E-state index contributed by atoms with van der Waals surface area (Å²) in [6.45, 7) is 4.28. The molecule has 0 spiro atoms. The molecule has 2 aromatic heterocycles. The second-order valence-electron chi connectivity index (χ2n) is 4.33. The Kier molecular flexibility index (Phi) is 3.94. The molecule has 0 radical (unpaired) electrons. The van der Waals surface area contributed by atoms with Crippen molar-refractivity contribution in [2.24, 2.45) is 0 Å². The zero-order valence-corrected chi connectivity index (χ0v) is 10.3. The number of rotatable bonds is 5. The van der Waals surface area contributed by atoms with E-state index in [9.17, 15) is 0 Å². The minimum Gasteiger partial charge on any atom is -0.469 e. The maximum absolute atomic E-state index is 5.34. The van der Waals surface area contributed by atoms with Crippen LogP contribution in [0.25, 0.3) is 0 Å². The van der Waals surface area contributed by atoms with E-state index in [1.165, 1.54) is 0 Å². The average molecular weight is 230 g/mol. The van der Waals surface area contributed by atoms with Crippen molar-refractivity contribution in [2.45, 2.75) is 32.4 Å². The van der Waals surface area contributed by atoms with E-state index in [1.807, 2.05) is 36.5 Å². The van der Waals surface area contributed by atoms with Crippen molar-refractivity contribution in [1.29, 1.82) is 0 Å². The van der Waals surface area contributed by atoms with Crippen LogP contribution in [-0.2, 0) is 6.42 Å². The zero-order chi connectivity index (χ0) is 12.1. The van der Waals surface area contributed by atoms with Crippen molar-refractivity contribution in [3.63, 3.8) is 0 Å². The van der Waals surface area contributed by atoms with Gasteiger partial charge >= 0.3 is 0 Å². The Morgan fingerprint density at radius 3 is 2.76 bits per heavy atom. The van der Waals surface area contributed by atoms with Crippen LogP contribution < -0.4 is 5.32 Å². The van der Waals surface area contributed by atoms with Gasteiger partial charge in [-0.25, -0.2) is 0 Å². The van der Waals surface area contributed by atoms with Crippen molar-refractivity contribution < 1.29 is 4.42 Å². The van der Waals surface area contributed by atoms with Crippen molar-refractivity contribution >= 4 is 0 Å². The lowest BCUT2D eigenvalue weighted by Crippen LogP contribution is -2.31. The quantitative estimate of drug-likeness (QED) is 0.858. The maximum Gasteiger partial charge on any atom is 0.105 e. The zero-order valence-electron chi connectivity index (χ0n) is 10.3. The minimum absolute atomic E-state index is 0.251. The van der Waals surface area contributed by atoms with Gasteiger partial charge in [-0.1, -0.05) is 6.07 Å². The van der Waals surface area contributed by atoms with Crippen LogP contribution in [0, 0.1) is 0 Å². The first-order valence-electron chi connectivity index (χ1n) is 5.95. The highest BCUT2D eigenvalue weighted by Crippen LogP contribution is 2.11. The molecule has 1 N–H and O–H groups in total. The van der Waals surface area contributed by atoms with Gasteiger partial charge in [0.25, 0.3) is 0 Å². The summed E-state index contributed by atoms with van der Waals surface area (Å²) in [6.07, 6.45) is 4.43. The Balaban J connectivity index is 1.88. The molecule has 2 unspecified atom stereocenters. The van der Waals surface area contributed by atoms with Gasteiger partial charge in [-0.15, -0.1) is 0 Å². The van der Waals surface area contributed by atoms with Gasteiger partial charge in [0.05, 0.1) is 12.0 Å². The summed E-state index contributed by atoms with van der Waals surface area (Å²) in [6, 6.07) is 10.5. The molecular weight excluding hydrogens is 212 g/mol. The topological polar surface area (TPSA) is 38.1 Å². The van der Waals surface area contributed by atoms with E-state index in [0.29, 0.717) is 6.04 Å². The summed E-state index contributed by atoms with van der Waals surface area (Å²) in [4.78, 5) is 4.34. The molecule has 2 aromatic rings. The minimum atomic E-state index is 0.251. The molecule has 3 nitrogen and oxygen atoms in total. The van der Waals surface area contributed by atoms with E-state index in [1.54, 1.807) is 6.26 Å². The van der Waals surface area contributed by atoms with Crippen LogP contribution in [0.1, 0.15) is 31.3 Å². The van der Waals surface area contributed by atoms with Gasteiger partial charge in [0.2, 0.25) is 0 Å². The third-order valence-corrected chi connectivity index (χ3v) is 2.75. The van der Waals surface area contributed by atoms with E-state index in [0.717, 1.165) is 17.9 Å². The third kappa shape index (κ3) is 3.43. The number of nitrogens with zero attached hydrogens (tertiary/aromatic N) is 1. The van der Waals surface area contributed by atoms with E-state index in [4.69, 9.17) is 4.42 Å². The molecule has 0 aliphatic rings. The number of aromatic nitrogens is 1. The molecule has 0 aromatic carbocycles. The largest absolute Gasteiger partial charge is 0.469 e. The molecule has 3 heteroatoms. The molecule has 0 bridgehead atoms. The van der Waals surface area contributed by atoms with Gasteiger partial charge in [-0.3, -0.25) is 4.98 Å². The van der Waals surface area contributed by atoms with Gasteiger partial charge in [0.15, 0.2) is 0 Å². The smallest absolute Gasteiger partial charge is 0.105 e. The van der Waals surface area contributed by atoms with E-state index < -0.39 is 0 Å². The SMILES string of the molecule is CC(Cc1ccco1)NC(C)c1ccccn1. The number of hydrogen-bond donors (Lipinski definition) is 1. The van der Waals surface area contributed by atoms with Crippen LogP contribution in [0.2, 0.25) is 0 Å². The molecule has 90 valence electrons. The van der Waals surface area contributed by atoms with Gasteiger partial charge < -0.3 is 9.73 Å². The molecule has 2 atom stereocenters. The Hall–Kier alpha value is -1.61. The van der Waals surface area contributed by atoms with Crippen LogP contribution in [0.3, 0.4) is 0 Å². The lowest BCUT2D eigenvalue weighted by molar-refractivity contribution is 0.425. The van der Waals surface area contributed by atoms with Crippen molar-refractivity contribution in [3.05, 3.63) is 54.2 Å². The summed E-state index contributed by atoms with van der Waals surface area (Å²) in [5, 5.41) is 3.51. The molecule has 2 rings (SSSR count). The van der Waals surface area contributed by atoms with E-state index in [-0.39, 0.29) is 6.04 Å². The summed E-state index contributed by atoms with van der Waals surface area (Å²) in [7, 11) is 0. The highest BCUT2D eigenvalue weighted by molar-refractivity contribution is 5.08. The lowest BCUT2D eigenvalue weighted by atomic mass is 10.1.